The van der Waals surface area contributed by atoms with Crippen LogP contribution in [-0.4, -0.2) is 6.29 Å². The van der Waals surface area contributed by atoms with E-state index in [0.717, 1.165) is 24.2 Å². The van der Waals surface area contributed by atoms with Gasteiger partial charge in [0.2, 0.25) is 0 Å². The topological polar surface area (TPSA) is 17.1 Å². The van der Waals surface area contributed by atoms with Gasteiger partial charge in [-0.3, -0.25) is 4.79 Å². The van der Waals surface area contributed by atoms with Crippen molar-refractivity contribution < 1.29 is 4.79 Å². The Balaban J connectivity index is 2.24. The average Bonchev–Trinajstić information content (AvgIpc) is 2.93. The molecule has 0 bridgehead atoms. The van der Waals surface area contributed by atoms with E-state index in [1.807, 2.05) is 6.92 Å². The van der Waals surface area contributed by atoms with E-state index in [0.29, 0.717) is 23.7 Å². The van der Waals surface area contributed by atoms with Gasteiger partial charge in [-0.2, -0.15) is 0 Å². The van der Waals surface area contributed by atoms with Crippen molar-refractivity contribution in [2.45, 2.75) is 53.4 Å². The molecule has 0 unspecified atom stereocenters. The third kappa shape index (κ3) is 2.92. The quantitative estimate of drug-likeness (QED) is 0.364. The fraction of sp³-hybridized carbons (Fsp3) is 0.542. The van der Waals surface area contributed by atoms with Crippen LogP contribution in [0.4, 0.5) is 0 Å². The second-order valence-corrected chi connectivity index (χ2v) is 8.51. The number of hydrogen-bond acceptors (Lipinski definition) is 1. The number of rotatable bonds is 4. The van der Waals surface area contributed by atoms with Crippen LogP contribution in [-0.2, 0) is 4.79 Å². The van der Waals surface area contributed by atoms with Crippen molar-refractivity contribution in [1.82, 2.24) is 0 Å². The number of benzene rings is 1. The predicted octanol–water partition coefficient (Wildman–Crippen LogP) is 6.18. The van der Waals surface area contributed by atoms with Crippen LogP contribution in [0.5, 0.6) is 0 Å². The molecular weight excluding hydrogens is 304 g/mol. The molecule has 1 fully saturated rings. The van der Waals surface area contributed by atoms with Gasteiger partial charge < -0.3 is 0 Å². The minimum atomic E-state index is 0.0285. The molecule has 0 spiro atoms. The monoisotopic (exact) mass is 336 g/mol. The predicted molar refractivity (Wildman–Crippen MR) is 105 cm³/mol. The standard InChI is InChI=1S/C24H32O/c1-6-24(14-16(2)15-25)21(20-10-8-7-9-11-20)13-18(4)22-17(3)12-19(5)23(22)24/h7-11,13-15,17,19,21-23H,6,12H2,1-5H3/b16-14+/t17-,19-,21-,22-,23+,24-/m1/s1. The van der Waals surface area contributed by atoms with E-state index in [1.165, 1.54) is 12.0 Å². The summed E-state index contributed by atoms with van der Waals surface area (Å²) in [5, 5.41) is 0. The highest BCUT2D eigenvalue weighted by Crippen LogP contribution is 2.63. The molecule has 25 heavy (non-hydrogen) atoms. The summed E-state index contributed by atoms with van der Waals surface area (Å²) in [6.45, 7) is 11.5. The Morgan fingerprint density at radius 3 is 2.48 bits per heavy atom. The molecule has 1 nitrogen and oxygen atoms in total. The Bertz CT molecular complexity index is 683. The number of allylic oxidation sites excluding steroid dienone is 4. The van der Waals surface area contributed by atoms with Crippen LogP contribution >= 0.6 is 0 Å². The molecule has 0 radical (unpaired) electrons. The molecule has 1 aromatic rings. The van der Waals surface area contributed by atoms with Gasteiger partial charge in [-0.15, -0.1) is 0 Å². The Morgan fingerprint density at radius 2 is 1.88 bits per heavy atom. The normalized spacial score (nSPS) is 38.2. The van der Waals surface area contributed by atoms with Crippen LogP contribution in [0.2, 0.25) is 0 Å². The zero-order chi connectivity index (χ0) is 18.2. The summed E-state index contributed by atoms with van der Waals surface area (Å²) in [5.41, 5.74) is 3.84. The molecule has 0 N–H and O–H groups in total. The van der Waals surface area contributed by atoms with Gasteiger partial charge in [0, 0.05) is 11.3 Å². The van der Waals surface area contributed by atoms with Crippen LogP contribution in [0.1, 0.15) is 58.9 Å². The molecule has 2 aliphatic carbocycles. The van der Waals surface area contributed by atoms with Crippen molar-refractivity contribution in [3.8, 4) is 0 Å². The average molecular weight is 337 g/mol. The third-order valence-electron chi connectivity index (χ3n) is 6.96. The van der Waals surface area contributed by atoms with Crippen LogP contribution in [0.15, 0.2) is 53.6 Å². The first kappa shape index (κ1) is 18.2. The van der Waals surface area contributed by atoms with Gasteiger partial charge in [0.25, 0.3) is 0 Å². The summed E-state index contributed by atoms with van der Waals surface area (Å²) in [7, 11) is 0. The molecular formula is C24H32O. The maximum atomic E-state index is 11.5. The molecule has 0 aliphatic heterocycles. The summed E-state index contributed by atoms with van der Waals surface area (Å²) in [6, 6.07) is 10.9. The summed E-state index contributed by atoms with van der Waals surface area (Å²) in [4.78, 5) is 11.5. The van der Waals surface area contributed by atoms with Crippen LogP contribution < -0.4 is 0 Å². The van der Waals surface area contributed by atoms with Crippen molar-refractivity contribution in [1.29, 1.82) is 0 Å². The maximum Gasteiger partial charge on any atom is 0.145 e. The van der Waals surface area contributed by atoms with E-state index in [2.05, 4.69) is 70.2 Å². The lowest BCUT2D eigenvalue weighted by Crippen LogP contribution is -2.43. The molecule has 1 heteroatoms. The molecule has 134 valence electrons. The Kier molecular flexibility index (Phi) is 5.04. The Hall–Kier alpha value is -1.63. The number of carbonyl (C=O) groups is 1. The minimum Gasteiger partial charge on any atom is -0.298 e. The third-order valence-corrected chi connectivity index (χ3v) is 6.96. The van der Waals surface area contributed by atoms with Gasteiger partial charge >= 0.3 is 0 Å². The molecule has 0 heterocycles. The molecule has 6 atom stereocenters. The smallest absolute Gasteiger partial charge is 0.145 e. The van der Waals surface area contributed by atoms with E-state index in [-0.39, 0.29) is 5.41 Å². The van der Waals surface area contributed by atoms with Crippen molar-refractivity contribution in [2.75, 3.05) is 0 Å². The van der Waals surface area contributed by atoms with Crippen LogP contribution in [0, 0.1) is 29.1 Å². The Labute approximate surface area is 153 Å². The Morgan fingerprint density at radius 1 is 1.20 bits per heavy atom. The molecule has 0 saturated heterocycles. The zero-order valence-electron chi connectivity index (χ0n) is 16.3. The van der Waals surface area contributed by atoms with Crippen molar-refractivity contribution in [2.24, 2.45) is 29.1 Å². The summed E-state index contributed by atoms with van der Waals surface area (Å²) < 4.78 is 0. The second kappa shape index (κ2) is 6.94. The largest absolute Gasteiger partial charge is 0.298 e. The highest BCUT2D eigenvalue weighted by Gasteiger charge is 2.55. The highest BCUT2D eigenvalue weighted by molar-refractivity contribution is 5.72. The number of fused-ring (bicyclic) bond motifs is 1. The molecule has 1 aromatic carbocycles. The van der Waals surface area contributed by atoms with Gasteiger partial charge in [0.05, 0.1) is 0 Å². The first-order chi connectivity index (χ1) is 11.9. The molecule has 0 amide bonds. The molecule has 2 aliphatic rings. The zero-order valence-corrected chi connectivity index (χ0v) is 16.3. The molecule has 3 rings (SSSR count). The molecule has 0 aromatic heterocycles. The van der Waals surface area contributed by atoms with Gasteiger partial charge in [0.1, 0.15) is 6.29 Å². The highest BCUT2D eigenvalue weighted by atomic mass is 16.1. The van der Waals surface area contributed by atoms with Gasteiger partial charge in [0.15, 0.2) is 0 Å². The number of aldehydes is 1. The van der Waals surface area contributed by atoms with Crippen molar-refractivity contribution in [3.05, 3.63) is 59.2 Å². The first-order valence-electron chi connectivity index (χ1n) is 9.82. The maximum absolute atomic E-state index is 11.5. The summed E-state index contributed by atoms with van der Waals surface area (Å²) in [5.74, 6) is 3.01. The van der Waals surface area contributed by atoms with Crippen molar-refractivity contribution in [3.63, 3.8) is 0 Å². The van der Waals surface area contributed by atoms with Gasteiger partial charge in [-0.1, -0.05) is 68.8 Å². The second-order valence-electron chi connectivity index (χ2n) is 8.51. The van der Waals surface area contributed by atoms with Crippen molar-refractivity contribution >= 4 is 6.29 Å². The van der Waals surface area contributed by atoms with E-state index in [4.69, 9.17) is 0 Å². The number of carbonyl (C=O) groups excluding carboxylic acids is 1. The van der Waals surface area contributed by atoms with Gasteiger partial charge in [-0.05, 0) is 61.5 Å². The van der Waals surface area contributed by atoms with E-state index < -0.39 is 0 Å². The minimum absolute atomic E-state index is 0.0285. The fourth-order valence-corrected chi connectivity index (χ4v) is 6.19. The first-order valence-corrected chi connectivity index (χ1v) is 9.82. The fourth-order valence-electron chi connectivity index (χ4n) is 6.19. The lowest BCUT2D eigenvalue weighted by Gasteiger charge is -2.51. The summed E-state index contributed by atoms with van der Waals surface area (Å²) in [6.07, 6.45) is 8.23. The summed E-state index contributed by atoms with van der Waals surface area (Å²) >= 11 is 0. The lowest BCUT2D eigenvalue weighted by atomic mass is 9.53. The van der Waals surface area contributed by atoms with Gasteiger partial charge in [-0.25, -0.2) is 0 Å². The molecule has 1 saturated carbocycles. The van der Waals surface area contributed by atoms with E-state index in [1.54, 1.807) is 5.57 Å². The lowest BCUT2D eigenvalue weighted by molar-refractivity contribution is -0.105. The van der Waals surface area contributed by atoms with E-state index >= 15 is 0 Å². The SMILES string of the molecule is CC[C@]1(/C=C(\C)C=O)[C@@H]2[C@@H](C(C)=C[C@@H]1c1ccccc1)[C@H](C)C[C@H]2C. The van der Waals surface area contributed by atoms with Crippen LogP contribution in [0.3, 0.4) is 0 Å². The van der Waals surface area contributed by atoms with E-state index in [9.17, 15) is 4.79 Å². The number of hydrogen-bond donors (Lipinski definition) is 0. The van der Waals surface area contributed by atoms with Crippen LogP contribution in [0.25, 0.3) is 0 Å².